The molecule has 0 atom stereocenters. The number of nitrogens with zero attached hydrogens (tertiary/aromatic N) is 2. The molecule has 1 aliphatic heterocycles. The van der Waals surface area contributed by atoms with Crippen LogP contribution in [0, 0.1) is 0 Å². The number of likely N-dealkylation sites (tertiary alicyclic amines) is 1. The minimum atomic E-state index is -0.373. The van der Waals surface area contributed by atoms with Gasteiger partial charge in [0, 0.05) is 24.9 Å². The van der Waals surface area contributed by atoms with E-state index in [2.05, 4.69) is 12.1 Å². The Morgan fingerprint density at radius 2 is 1.37 bits per heavy atom. The lowest BCUT2D eigenvalue weighted by Gasteiger charge is -2.42. The van der Waals surface area contributed by atoms with Gasteiger partial charge >= 0.3 is 6.09 Å². The molecule has 1 heterocycles. The van der Waals surface area contributed by atoms with E-state index in [0.29, 0.717) is 38.9 Å². The maximum atomic E-state index is 13.4. The number of piperidine rings is 1. The second-order valence-electron chi connectivity index (χ2n) is 8.95. The van der Waals surface area contributed by atoms with Crippen molar-refractivity contribution < 1.29 is 19.2 Å². The summed E-state index contributed by atoms with van der Waals surface area (Å²) < 4.78 is 5.54. The van der Waals surface area contributed by atoms with Gasteiger partial charge in [-0.3, -0.25) is 9.63 Å². The maximum absolute atomic E-state index is 13.4. The van der Waals surface area contributed by atoms with Crippen molar-refractivity contribution in [1.82, 2.24) is 9.96 Å². The average molecular weight is 473 g/mol. The molecule has 0 unspecified atom stereocenters. The number of hydrogen-bond acceptors (Lipinski definition) is 4. The number of ether oxygens (including phenoxy) is 1. The number of carbonyl (C=O) groups excluding carboxylic acids is 2. The summed E-state index contributed by atoms with van der Waals surface area (Å²) in [6.45, 7) is 1.70. The van der Waals surface area contributed by atoms with E-state index in [1.165, 1.54) is 12.2 Å². The van der Waals surface area contributed by atoms with Crippen LogP contribution in [0.2, 0.25) is 0 Å². The van der Waals surface area contributed by atoms with Crippen molar-refractivity contribution in [3.8, 4) is 0 Å². The zero-order valence-corrected chi connectivity index (χ0v) is 20.1. The Balaban J connectivity index is 1.43. The molecular weight excluding hydrogens is 440 g/mol. The average Bonchev–Trinajstić information content (AvgIpc) is 2.92. The van der Waals surface area contributed by atoms with Gasteiger partial charge in [-0.15, -0.1) is 0 Å². The number of hydrogen-bond donors (Lipinski definition) is 0. The Morgan fingerprint density at radius 3 is 1.94 bits per heavy atom. The Labute approximate surface area is 207 Å². The third-order valence-electron chi connectivity index (χ3n) is 6.73. The fraction of sp³-hybridized carbons (Fsp3) is 0.310. The molecule has 0 bridgehead atoms. The van der Waals surface area contributed by atoms with Crippen LogP contribution in [-0.4, -0.2) is 42.2 Å². The first kappa shape index (κ1) is 24.5. The summed E-state index contributed by atoms with van der Waals surface area (Å²) in [7, 11) is 1.53. The van der Waals surface area contributed by atoms with Crippen LogP contribution in [0.5, 0.6) is 0 Å². The highest BCUT2D eigenvalue weighted by molar-refractivity contribution is 5.77. The molecular formula is C29H32N2O4. The summed E-state index contributed by atoms with van der Waals surface area (Å²) in [6, 6.07) is 29.6. The van der Waals surface area contributed by atoms with Gasteiger partial charge in [-0.25, -0.2) is 9.86 Å². The van der Waals surface area contributed by atoms with E-state index in [1.54, 1.807) is 4.90 Å². The third-order valence-corrected chi connectivity index (χ3v) is 6.73. The van der Waals surface area contributed by atoms with Crippen LogP contribution >= 0.6 is 0 Å². The van der Waals surface area contributed by atoms with Gasteiger partial charge in [0.1, 0.15) is 6.61 Å². The van der Waals surface area contributed by atoms with Gasteiger partial charge in [0.05, 0.1) is 13.7 Å². The zero-order chi connectivity index (χ0) is 24.5. The first-order valence-electron chi connectivity index (χ1n) is 12.0. The highest BCUT2D eigenvalue weighted by atomic mass is 16.7. The molecule has 6 nitrogen and oxygen atoms in total. The van der Waals surface area contributed by atoms with Crippen LogP contribution < -0.4 is 0 Å². The first-order valence-corrected chi connectivity index (χ1v) is 12.0. The van der Waals surface area contributed by atoms with Crippen molar-refractivity contribution in [3.05, 3.63) is 108 Å². The minimum Gasteiger partial charge on any atom is -0.445 e. The van der Waals surface area contributed by atoms with Crippen LogP contribution in [0.4, 0.5) is 4.79 Å². The van der Waals surface area contributed by atoms with Crippen LogP contribution in [0.3, 0.4) is 0 Å². The van der Waals surface area contributed by atoms with Crippen LogP contribution in [0.15, 0.2) is 91.0 Å². The molecule has 4 rings (SSSR count). The summed E-state index contributed by atoms with van der Waals surface area (Å²) in [5.41, 5.74) is 2.70. The lowest BCUT2D eigenvalue weighted by Crippen LogP contribution is -2.47. The van der Waals surface area contributed by atoms with E-state index < -0.39 is 0 Å². The normalized spacial score (nSPS) is 14.8. The van der Waals surface area contributed by atoms with Crippen LogP contribution in [0.1, 0.15) is 36.0 Å². The topological polar surface area (TPSA) is 59.1 Å². The Morgan fingerprint density at radius 1 is 0.829 bits per heavy atom. The molecule has 0 saturated carbocycles. The number of rotatable bonds is 8. The predicted molar refractivity (Wildman–Crippen MR) is 134 cm³/mol. The standard InChI is InChI=1S/C29H32N2O4/c1-34-31(22-24-11-5-2-6-12-24)27(32)21-29(26-15-9-4-10-16-26)17-19-30(20-18-29)28(33)35-23-25-13-7-3-8-14-25/h2-16H,17-23H2,1H3. The van der Waals surface area contributed by atoms with Crippen molar-refractivity contribution in [3.63, 3.8) is 0 Å². The monoisotopic (exact) mass is 472 g/mol. The van der Waals surface area contributed by atoms with E-state index >= 15 is 0 Å². The molecule has 0 radical (unpaired) electrons. The molecule has 1 saturated heterocycles. The molecule has 182 valence electrons. The summed E-state index contributed by atoms with van der Waals surface area (Å²) >= 11 is 0. The van der Waals surface area contributed by atoms with Gasteiger partial charge in [-0.05, 0) is 29.5 Å². The number of amides is 2. The Kier molecular flexibility index (Phi) is 8.16. The molecule has 1 fully saturated rings. The lowest BCUT2D eigenvalue weighted by molar-refractivity contribution is -0.181. The second kappa shape index (κ2) is 11.7. The SMILES string of the molecule is CON(Cc1ccccc1)C(=O)CC1(c2ccccc2)CCN(C(=O)OCc2ccccc2)CC1. The van der Waals surface area contributed by atoms with Crippen LogP contribution in [-0.2, 0) is 32.9 Å². The molecule has 1 aliphatic rings. The smallest absolute Gasteiger partial charge is 0.410 e. The van der Waals surface area contributed by atoms with E-state index in [0.717, 1.165) is 16.7 Å². The highest BCUT2D eigenvalue weighted by Gasteiger charge is 2.40. The third kappa shape index (κ3) is 6.28. The summed E-state index contributed by atoms with van der Waals surface area (Å²) in [4.78, 5) is 33.3. The molecule has 3 aromatic carbocycles. The van der Waals surface area contributed by atoms with Gasteiger partial charge in [0.25, 0.3) is 0 Å². The number of benzene rings is 3. The quantitative estimate of drug-likeness (QED) is 0.416. The van der Waals surface area contributed by atoms with Gasteiger partial charge in [-0.1, -0.05) is 91.0 Å². The predicted octanol–water partition coefficient (Wildman–Crippen LogP) is 5.34. The second-order valence-corrected chi connectivity index (χ2v) is 8.95. The number of carbonyl (C=O) groups is 2. The molecule has 6 heteroatoms. The first-order chi connectivity index (χ1) is 17.1. The number of hydroxylamine groups is 2. The Bertz CT molecular complexity index is 1080. The fourth-order valence-electron chi connectivity index (χ4n) is 4.67. The highest BCUT2D eigenvalue weighted by Crippen LogP contribution is 2.39. The van der Waals surface area contributed by atoms with E-state index in [-0.39, 0.29) is 24.0 Å². The van der Waals surface area contributed by atoms with Crippen molar-refractivity contribution in [2.45, 2.75) is 37.8 Å². The van der Waals surface area contributed by atoms with Gasteiger partial charge in [0.2, 0.25) is 5.91 Å². The van der Waals surface area contributed by atoms with E-state index in [9.17, 15) is 9.59 Å². The molecule has 0 aromatic heterocycles. The van der Waals surface area contributed by atoms with Gasteiger partial charge < -0.3 is 9.64 Å². The summed E-state index contributed by atoms with van der Waals surface area (Å²) in [5, 5.41) is 1.43. The molecule has 0 spiro atoms. The molecule has 0 N–H and O–H groups in total. The summed E-state index contributed by atoms with van der Waals surface area (Å²) in [5.74, 6) is -0.0692. The summed E-state index contributed by atoms with van der Waals surface area (Å²) in [6.07, 6.45) is 1.34. The zero-order valence-electron chi connectivity index (χ0n) is 20.1. The molecule has 0 aliphatic carbocycles. The maximum Gasteiger partial charge on any atom is 0.410 e. The van der Waals surface area contributed by atoms with Crippen molar-refractivity contribution in [2.24, 2.45) is 0 Å². The van der Waals surface area contributed by atoms with Gasteiger partial charge in [-0.2, -0.15) is 0 Å². The molecule has 3 aromatic rings. The van der Waals surface area contributed by atoms with Crippen molar-refractivity contribution in [1.29, 1.82) is 0 Å². The molecule has 2 amide bonds. The van der Waals surface area contributed by atoms with Crippen LogP contribution in [0.25, 0.3) is 0 Å². The molecule has 35 heavy (non-hydrogen) atoms. The van der Waals surface area contributed by atoms with Crippen molar-refractivity contribution >= 4 is 12.0 Å². The van der Waals surface area contributed by atoms with Gasteiger partial charge in [0.15, 0.2) is 0 Å². The van der Waals surface area contributed by atoms with Crippen molar-refractivity contribution in [2.75, 3.05) is 20.2 Å². The van der Waals surface area contributed by atoms with E-state index in [1.807, 2.05) is 78.9 Å². The minimum absolute atomic E-state index is 0.0692. The van der Waals surface area contributed by atoms with E-state index in [4.69, 9.17) is 9.57 Å². The lowest BCUT2D eigenvalue weighted by atomic mass is 9.70. The fourth-order valence-corrected chi connectivity index (χ4v) is 4.67. The largest absolute Gasteiger partial charge is 0.445 e. The Hall–Kier alpha value is -3.64.